The Kier molecular flexibility index (Phi) is 7.02. The summed E-state index contributed by atoms with van der Waals surface area (Å²) in [5.74, 6) is 0.273. The Hall–Kier alpha value is -2.75. The van der Waals surface area contributed by atoms with Gasteiger partial charge in [-0.3, -0.25) is 4.79 Å². The number of carbonyl (C=O) groups is 1. The molecule has 1 aromatic heterocycles. The Balaban J connectivity index is 1.78. The second-order valence-electron chi connectivity index (χ2n) is 8.49. The Bertz CT molecular complexity index is 1180. The molecule has 0 aliphatic rings. The van der Waals surface area contributed by atoms with Crippen molar-refractivity contribution in [2.24, 2.45) is 5.41 Å². The molecule has 0 radical (unpaired) electrons. The summed E-state index contributed by atoms with van der Waals surface area (Å²) in [7, 11) is -2.28. The number of methoxy groups -OCH3 is 1. The highest BCUT2D eigenvalue weighted by molar-refractivity contribution is 7.89. The van der Waals surface area contributed by atoms with E-state index in [1.807, 2.05) is 36.6 Å². The number of aromatic nitrogens is 1. The van der Waals surface area contributed by atoms with Crippen LogP contribution in [-0.2, 0) is 14.8 Å². The predicted molar refractivity (Wildman–Crippen MR) is 127 cm³/mol. The minimum atomic E-state index is -3.88. The average molecular weight is 474 g/mol. The van der Waals surface area contributed by atoms with E-state index in [1.165, 1.54) is 23.5 Å². The van der Waals surface area contributed by atoms with Crippen molar-refractivity contribution in [2.75, 3.05) is 12.4 Å². The molecule has 1 heterocycles. The van der Waals surface area contributed by atoms with Crippen molar-refractivity contribution in [3.8, 4) is 17.0 Å². The molecule has 0 saturated carbocycles. The first-order valence-corrected chi connectivity index (χ1v) is 12.4. The number of benzene rings is 2. The van der Waals surface area contributed by atoms with Crippen LogP contribution >= 0.6 is 11.3 Å². The van der Waals surface area contributed by atoms with E-state index in [2.05, 4.69) is 15.0 Å². The summed E-state index contributed by atoms with van der Waals surface area (Å²) >= 11 is 1.28. The number of amides is 1. The van der Waals surface area contributed by atoms with Gasteiger partial charge in [-0.25, -0.2) is 13.4 Å². The average Bonchev–Trinajstić information content (AvgIpc) is 3.20. The van der Waals surface area contributed by atoms with Crippen molar-refractivity contribution in [1.29, 1.82) is 0 Å². The molecule has 32 heavy (non-hydrogen) atoms. The van der Waals surface area contributed by atoms with Crippen molar-refractivity contribution < 1.29 is 17.9 Å². The highest BCUT2D eigenvalue weighted by atomic mass is 32.2. The number of ether oxygens (including phenoxy) is 1. The third-order valence-electron chi connectivity index (χ3n) is 4.85. The molecule has 0 spiro atoms. The van der Waals surface area contributed by atoms with Gasteiger partial charge in [0.25, 0.3) is 0 Å². The summed E-state index contributed by atoms with van der Waals surface area (Å²) in [6, 6.07) is 12.9. The Morgan fingerprint density at radius 3 is 2.25 bits per heavy atom. The zero-order chi connectivity index (χ0) is 23.5. The fourth-order valence-corrected chi connectivity index (χ4v) is 5.09. The van der Waals surface area contributed by atoms with Crippen molar-refractivity contribution in [2.45, 2.75) is 38.6 Å². The molecular weight excluding hydrogens is 446 g/mol. The molecular formula is C23H27N3O4S2. The first-order valence-electron chi connectivity index (χ1n) is 9.99. The van der Waals surface area contributed by atoms with Crippen LogP contribution in [0.3, 0.4) is 0 Å². The normalized spacial score (nSPS) is 12.9. The Labute approximate surface area is 192 Å². The lowest BCUT2D eigenvalue weighted by molar-refractivity contribution is -0.119. The first-order chi connectivity index (χ1) is 15.0. The van der Waals surface area contributed by atoms with Crippen molar-refractivity contribution in [1.82, 2.24) is 9.71 Å². The zero-order valence-corrected chi connectivity index (χ0v) is 20.3. The molecule has 7 nitrogen and oxygen atoms in total. The number of nitrogens with zero attached hydrogens (tertiary/aromatic N) is 1. The largest absolute Gasteiger partial charge is 0.497 e. The molecule has 0 saturated heterocycles. The standard InChI is InChI=1S/C23H27N3O4S2/c1-15-6-12-18(13-7-15)32(28,29)26-20(23(2,3)4)21(27)25-22-24-19(14-31-22)16-8-10-17(30-5)11-9-16/h6-14,20,26H,1-5H3,(H,24,25,27)/t20-/m0/s1. The fraction of sp³-hybridized carbons (Fsp3) is 0.304. The lowest BCUT2D eigenvalue weighted by atomic mass is 9.87. The quantitative estimate of drug-likeness (QED) is 0.528. The lowest BCUT2D eigenvalue weighted by Crippen LogP contribution is -2.51. The Morgan fingerprint density at radius 1 is 1.06 bits per heavy atom. The molecule has 0 fully saturated rings. The van der Waals surface area contributed by atoms with Crippen molar-refractivity contribution >= 4 is 32.4 Å². The minimum absolute atomic E-state index is 0.112. The number of rotatable bonds is 7. The molecule has 9 heteroatoms. The van der Waals surface area contributed by atoms with E-state index in [-0.39, 0.29) is 4.90 Å². The number of sulfonamides is 1. The molecule has 2 N–H and O–H groups in total. The summed E-state index contributed by atoms with van der Waals surface area (Å²) in [4.78, 5) is 17.6. The molecule has 0 aliphatic carbocycles. The molecule has 0 unspecified atom stereocenters. The van der Waals surface area contributed by atoms with Gasteiger partial charge in [0.05, 0.1) is 17.7 Å². The SMILES string of the molecule is COc1ccc(-c2csc(NC(=O)[C@H](NS(=O)(=O)c3ccc(C)cc3)C(C)(C)C)n2)cc1. The molecule has 3 aromatic rings. The van der Waals surface area contributed by atoms with Gasteiger partial charge in [-0.05, 0) is 48.7 Å². The van der Waals surface area contributed by atoms with Gasteiger partial charge in [0.15, 0.2) is 5.13 Å². The van der Waals surface area contributed by atoms with Crippen LogP contribution in [0, 0.1) is 12.3 Å². The van der Waals surface area contributed by atoms with Crippen LogP contribution in [0.25, 0.3) is 11.3 Å². The van der Waals surface area contributed by atoms with Gasteiger partial charge in [-0.15, -0.1) is 11.3 Å². The number of hydrogen-bond donors (Lipinski definition) is 2. The number of aryl methyl sites for hydroxylation is 1. The van der Waals surface area contributed by atoms with Gasteiger partial charge in [0.1, 0.15) is 11.8 Å². The second kappa shape index (κ2) is 9.40. The third-order valence-corrected chi connectivity index (χ3v) is 7.05. The molecule has 3 rings (SSSR count). The van der Waals surface area contributed by atoms with E-state index in [0.29, 0.717) is 10.8 Å². The van der Waals surface area contributed by atoms with Gasteiger partial charge < -0.3 is 10.1 Å². The van der Waals surface area contributed by atoms with E-state index in [4.69, 9.17) is 4.74 Å². The van der Waals surface area contributed by atoms with E-state index >= 15 is 0 Å². The van der Waals surface area contributed by atoms with Crippen LogP contribution in [-0.4, -0.2) is 32.5 Å². The molecule has 1 atom stereocenters. The van der Waals surface area contributed by atoms with Crippen LogP contribution in [0.2, 0.25) is 0 Å². The van der Waals surface area contributed by atoms with Gasteiger partial charge >= 0.3 is 0 Å². The number of anilines is 1. The van der Waals surface area contributed by atoms with Crippen LogP contribution in [0.5, 0.6) is 5.75 Å². The maximum atomic E-state index is 13.1. The highest BCUT2D eigenvalue weighted by Gasteiger charge is 2.35. The molecule has 0 bridgehead atoms. The number of thiazole rings is 1. The number of nitrogens with one attached hydrogen (secondary N) is 2. The third kappa shape index (κ3) is 5.73. The van der Waals surface area contributed by atoms with Crippen LogP contribution in [0.4, 0.5) is 5.13 Å². The van der Waals surface area contributed by atoms with E-state index in [0.717, 1.165) is 16.9 Å². The van der Waals surface area contributed by atoms with Gasteiger partial charge in [-0.1, -0.05) is 38.5 Å². The summed E-state index contributed by atoms with van der Waals surface area (Å²) in [5.41, 5.74) is 1.87. The van der Waals surface area contributed by atoms with Crippen molar-refractivity contribution in [3.63, 3.8) is 0 Å². The highest BCUT2D eigenvalue weighted by Crippen LogP contribution is 2.28. The van der Waals surface area contributed by atoms with Crippen LogP contribution in [0.1, 0.15) is 26.3 Å². The van der Waals surface area contributed by atoms with E-state index < -0.39 is 27.4 Å². The van der Waals surface area contributed by atoms with Gasteiger partial charge in [0.2, 0.25) is 15.9 Å². The van der Waals surface area contributed by atoms with Gasteiger partial charge in [0, 0.05) is 10.9 Å². The molecule has 2 aromatic carbocycles. The summed E-state index contributed by atoms with van der Waals surface area (Å²) in [6.07, 6.45) is 0. The predicted octanol–water partition coefficient (Wildman–Crippen LogP) is 4.46. The zero-order valence-electron chi connectivity index (χ0n) is 18.7. The smallest absolute Gasteiger partial charge is 0.244 e. The topological polar surface area (TPSA) is 97.4 Å². The van der Waals surface area contributed by atoms with E-state index in [9.17, 15) is 13.2 Å². The Morgan fingerprint density at radius 2 is 1.69 bits per heavy atom. The van der Waals surface area contributed by atoms with Crippen molar-refractivity contribution in [3.05, 3.63) is 59.5 Å². The number of carbonyl (C=O) groups excluding carboxylic acids is 1. The van der Waals surface area contributed by atoms with E-state index in [1.54, 1.807) is 40.0 Å². The maximum absolute atomic E-state index is 13.1. The summed E-state index contributed by atoms with van der Waals surface area (Å²) in [6.45, 7) is 7.29. The summed E-state index contributed by atoms with van der Waals surface area (Å²) in [5, 5.41) is 4.99. The maximum Gasteiger partial charge on any atom is 0.244 e. The fourth-order valence-electron chi connectivity index (χ4n) is 2.97. The first kappa shape index (κ1) is 23.9. The molecule has 170 valence electrons. The summed E-state index contributed by atoms with van der Waals surface area (Å²) < 4.78 is 33.5. The molecule has 1 amide bonds. The van der Waals surface area contributed by atoms with Crippen LogP contribution < -0.4 is 14.8 Å². The van der Waals surface area contributed by atoms with Crippen LogP contribution in [0.15, 0.2) is 58.8 Å². The second-order valence-corrected chi connectivity index (χ2v) is 11.1. The number of hydrogen-bond acceptors (Lipinski definition) is 6. The van der Waals surface area contributed by atoms with Gasteiger partial charge in [-0.2, -0.15) is 4.72 Å². The monoisotopic (exact) mass is 473 g/mol. The lowest BCUT2D eigenvalue weighted by Gasteiger charge is -2.29. The minimum Gasteiger partial charge on any atom is -0.497 e. The molecule has 0 aliphatic heterocycles.